The van der Waals surface area contributed by atoms with Crippen molar-refractivity contribution in [2.24, 2.45) is 0 Å². The molecule has 0 aliphatic rings. The fourth-order valence-corrected chi connectivity index (χ4v) is 1.82. The molecular weight excluding hydrogens is 228 g/mol. The second kappa shape index (κ2) is 5.53. The van der Waals surface area contributed by atoms with Crippen molar-refractivity contribution in [3.05, 3.63) is 36.4 Å². The molecule has 1 N–H and O–H groups in total. The van der Waals surface area contributed by atoms with E-state index in [1.807, 2.05) is 29.9 Å². The van der Waals surface area contributed by atoms with Gasteiger partial charge in [0.1, 0.15) is 0 Å². The Bertz CT molecular complexity index is 496. The van der Waals surface area contributed by atoms with Crippen LogP contribution in [0.15, 0.2) is 30.7 Å². The van der Waals surface area contributed by atoms with Crippen molar-refractivity contribution in [1.82, 2.24) is 14.8 Å². The number of hydrogen-bond donors (Lipinski definition) is 1. The van der Waals surface area contributed by atoms with E-state index in [0.717, 1.165) is 23.7 Å². The summed E-state index contributed by atoms with van der Waals surface area (Å²) in [4.78, 5) is 4.21. The SMILES string of the molecule is COc1cnc(C)cc1NC(C)Cn1cccn1. The molecule has 0 fully saturated rings. The molecule has 18 heavy (non-hydrogen) atoms. The number of nitrogens with zero attached hydrogens (tertiary/aromatic N) is 3. The van der Waals surface area contributed by atoms with Crippen molar-refractivity contribution in [3.63, 3.8) is 0 Å². The zero-order valence-corrected chi connectivity index (χ0v) is 10.9. The molecule has 2 heterocycles. The van der Waals surface area contributed by atoms with Crippen LogP contribution in [0.2, 0.25) is 0 Å². The van der Waals surface area contributed by atoms with Crippen LogP contribution in [0.4, 0.5) is 5.69 Å². The summed E-state index contributed by atoms with van der Waals surface area (Å²) in [7, 11) is 1.65. The average molecular weight is 246 g/mol. The highest BCUT2D eigenvalue weighted by Crippen LogP contribution is 2.24. The standard InChI is InChI=1S/C13H18N4O/c1-10-7-12(13(18-3)8-14-10)16-11(2)9-17-6-4-5-15-17/h4-8,11H,9H2,1-3H3,(H,14,16). The quantitative estimate of drug-likeness (QED) is 0.877. The zero-order chi connectivity index (χ0) is 13.0. The summed E-state index contributed by atoms with van der Waals surface area (Å²) in [5.74, 6) is 0.757. The summed E-state index contributed by atoms with van der Waals surface area (Å²) in [5, 5.41) is 7.61. The molecule has 1 atom stereocenters. The number of hydrogen-bond acceptors (Lipinski definition) is 4. The number of methoxy groups -OCH3 is 1. The second-order valence-corrected chi connectivity index (χ2v) is 4.30. The van der Waals surface area contributed by atoms with Crippen LogP contribution < -0.4 is 10.1 Å². The molecule has 0 bridgehead atoms. The first-order chi connectivity index (χ1) is 8.69. The number of ether oxygens (including phenoxy) is 1. The van der Waals surface area contributed by atoms with Gasteiger partial charge in [-0.3, -0.25) is 9.67 Å². The molecule has 0 aromatic carbocycles. The number of pyridine rings is 1. The van der Waals surface area contributed by atoms with E-state index in [1.165, 1.54) is 0 Å². The van der Waals surface area contributed by atoms with E-state index in [2.05, 4.69) is 22.3 Å². The predicted molar refractivity (Wildman–Crippen MR) is 70.8 cm³/mol. The summed E-state index contributed by atoms with van der Waals surface area (Å²) in [6.07, 6.45) is 5.47. The predicted octanol–water partition coefficient (Wildman–Crippen LogP) is 2.10. The first-order valence-electron chi connectivity index (χ1n) is 5.93. The lowest BCUT2D eigenvalue weighted by atomic mass is 10.2. The second-order valence-electron chi connectivity index (χ2n) is 4.30. The zero-order valence-electron chi connectivity index (χ0n) is 10.9. The minimum absolute atomic E-state index is 0.251. The Hall–Kier alpha value is -2.04. The Morgan fingerprint density at radius 2 is 2.33 bits per heavy atom. The Morgan fingerprint density at radius 3 is 3.00 bits per heavy atom. The van der Waals surface area contributed by atoms with Gasteiger partial charge in [-0.1, -0.05) is 0 Å². The first-order valence-corrected chi connectivity index (χ1v) is 5.93. The van der Waals surface area contributed by atoms with Crippen LogP contribution in [-0.4, -0.2) is 27.9 Å². The molecule has 0 radical (unpaired) electrons. The third kappa shape index (κ3) is 3.00. The third-order valence-electron chi connectivity index (χ3n) is 2.65. The minimum atomic E-state index is 0.251. The van der Waals surface area contributed by atoms with Gasteiger partial charge in [0.2, 0.25) is 0 Å². The summed E-state index contributed by atoms with van der Waals surface area (Å²) < 4.78 is 7.19. The maximum Gasteiger partial charge on any atom is 0.160 e. The fraction of sp³-hybridized carbons (Fsp3) is 0.385. The van der Waals surface area contributed by atoms with Gasteiger partial charge in [0.25, 0.3) is 0 Å². The van der Waals surface area contributed by atoms with Crippen molar-refractivity contribution in [3.8, 4) is 5.75 Å². The summed E-state index contributed by atoms with van der Waals surface area (Å²) in [6.45, 7) is 4.87. The van der Waals surface area contributed by atoms with Gasteiger partial charge in [-0.15, -0.1) is 0 Å². The van der Waals surface area contributed by atoms with Crippen LogP contribution in [0, 0.1) is 6.92 Å². The largest absolute Gasteiger partial charge is 0.493 e. The van der Waals surface area contributed by atoms with Crippen molar-refractivity contribution < 1.29 is 4.74 Å². The monoisotopic (exact) mass is 246 g/mol. The summed E-state index contributed by atoms with van der Waals surface area (Å²) in [6, 6.07) is 4.16. The van der Waals surface area contributed by atoms with E-state index in [1.54, 1.807) is 19.5 Å². The lowest BCUT2D eigenvalue weighted by molar-refractivity contribution is 0.413. The minimum Gasteiger partial charge on any atom is -0.493 e. The molecule has 5 nitrogen and oxygen atoms in total. The van der Waals surface area contributed by atoms with Gasteiger partial charge in [-0.25, -0.2) is 0 Å². The lowest BCUT2D eigenvalue weighted by Gasteiger charge is -2.17. The maximum atomic E-state index is 5.29. The molecule has 1 unspecified atom stereocenters. The van der Waals surface area contributed by atoms with E-state index in [-0.39, 0.29) is 6.04 Å². The van der Waals surface area contributed by atoms with Crippen LogP contribution in [0.3, 0.4) is 0 Å². The molecule has 2 aromatic rings. The molecule has 2 rings (SSSR count). The third-order valence-corrected chi connectivity index (χ3v) is 2.65. The Kier molecular flexibility index (Phi) is 3.82. The molecule has 0 aliphatic carbocycles. The van der Waals surface area contributed by atoms with Crippen molar-refractivity contribution in [2.45, 2.75) is 26.4 Å². The van der Waals surface area contributed by atoms with Gasteiger partial charge < -0.3 is 10.1 Å². The number of aryl methyl sites for hydroxylation is 1. The van der Waals surface area contributed by atoms with Crippen LogP contribution in [-0.2, 0) is 6.54 Å². The molecule has 96 valence electrons. The van der Waals surface area contributed by atoms with E-state index >= 15 is 0 Å². The summed E-state index contributed by atoms with van der Waals surface area (Å²) >= 11 is 0. The van der Waals surface area contributed by atoms with Crippen molar-refractivity contribution in [2.75, 3.05) is 12.4 Å². The first kappa shape index (κ1) is 12.4. The Morgan fingerprint density at radius 1 is 1.50 bits per heavy atom. The molecular formula is C13H18N4O. The Balaban J connectivity index is 2.06. The topological polar surface area (TPSA) is 52.0 Å². The van der Waals surface area contributed by atoms with E-state index < -0.39 is 0 Å². The summed E-state index contributed by atoms with van der Waals surface area (Å²) in [5.41, 5.74) is 1.93. The van der Waals surface area contributed by atoms with Crippen molar-refractivity contribution in [1.29, 1.82) is 0 Å². The maximum absolute atomic E-state index is 5.29. The lowest BCUT2D eigenvalue weighted by Crippen LogP contribution is -2.22. The fourth-order valence-electron chi connectivity index (χ4n) is 1.82. The highest BCUT2D eigenvalue weighted by atomic mass is 16.5. The molecule has 0 amide bonds. The van der Waals surface area contributed by atoms with Crippen LogP contribution in [0.25, 0.3) is 0 Å². The smallest absolute Gasteiger partial charge is 0.160 e. The molecule has 0 aliphatic heterocycles. The van der Waals surface area contributed by atoms with Gasteiger partial charge in [0.15, 0.2) is 5.75 Å². The van der Waals surface area contributed by atoms with Gasteiger partial charge >= 0.3 is 0 Å². The van der Waals surface area contributed by atoms with Crippen molar-refractivity contribution >= 4 is 5.69 Å². The van der Waals surface area contributed by atoms with Gasteiger partial charge in [-0.05, 0) is 26.0 Å². The van der Waals surface area contributed by atoms with Gasteiger partial charge in [0, 0.05) is 24.1 Å². The van der Waals surface area contributed by atoms with Crippen LogP contribution >= 0.6 is 0 Å². The number of anilines is 1. The highest BCUT2D eigenvalue weighted by Gasteiger charge is 2.08. The van der Waals surface area contributed by atoms with E-state index in [0.29, 0.717) is 0 Å². The molecule has 0 spiro atoms. The van der Waals surface area contributed by atoms with Crippen LogP contribution in [0.5, 0.6) is 5.75 Å². The number of rotatable bonds is 5. The Labute approximate surface area is 107 Å². The molecule has 5 heteroatoms. The van der Waals surface area contributed by atoms with E-state index in [9.17, 15) is 0 Å². The average Bonchev–Trinajstić information content (AvgIpc) is 2.82. The number of nitrogens with one attached hydrogen (secondary N) is 1. The number of aromatic nitrogens is 3. The molecule has 0 saturated heterocycles. The molecule has 0 saturated carbocycles. The van der Waals surface area contributed by atoms with Gasteiger partial charge in [0.05, 0.1) is 25.5 Å². The highest BCUT2D eigenvalue weighted by molar-refractivity contribution is 5.56. The van der Waals surface area contributed by atoms with E-state index in [4.69, 9.17) is 4.74 Å². The molecule has 2 aromatic heterocycles. The van der Waals surface area contributed by atoms with Crippen LogP contribution in [0.1, 0.15) is 12.6 Å². The van der Waals surface area contributed by atoms with Gasteiger partial charge in [-0.2, -0.15) is 5.10 Å². The normalized spacial score (nSPS) is 12.2.